The number of para-hydroxylation sites is 1. The molecule has 3 N–H and O–H groups in total. The van der Waals surface area contributed by atoms with Crippen molar-refractivity contribution < 1.29 is 17.9 Å². The lowest BCUT2D eigenvalue weighted by Crippen LogP contribution is -2.30. The summed E-state index contributed by atoms with van der Waals surface area (Å²) in [5.41, 5.74) is 3.62. The largest absolute Gasteiger partial charge is 0.573 e. The van der Waals surface area contributed by atoms with Gasteiger partial charge in [-0.2, -0.15) is 0 Å². The first-order valence-electron chi connectivity index (χ1n) is 6.11. The number of nitrogens with zero attached hydrogens (tertiary/aromatic N) is 1. The number of ether oxygens (including phenoxy) is 1. The zero-order valence-corrected chi connectivity index (χ0v) is 12.0. The van der Waals surface area contributed by atoms with Crippen molar-refractivity contribution in [2.75, 3.05) is 0 Å². The summed E-state index contributed by atoms with van der Waals surface area (Å²) in [6.07, 6.45) is -4.37. The molecule has 21 heavy (non-hydrogen) atoms. The van der Waals surface area contributed by atoms with Gasteiger partial charge in [0, 0.05) is 17.4 Å². The summed E-state index contributed by atoms with van der Waals surface area (Å²) in [6.45, 7) is 1.86. The second-order valence-corrected chi connectivity index (χ2v) is 5.43. The lowest BCUT2D eigenvalue weighted by atomic mass is 10.0. The van der Waals surface area contributed by atoms with E-state index in [1.54, 1.807) is 12.1 Å². The minimum atomic E-state index is -4.74. The number of halogens is 3. The molecule has 2 rings (SSSR count). The molecule has 1 heterocycles. The van der Waals surface area contributed by atoms with Crippen molar-refractivity contribution in [2.24, 2.45) is 5.84 Å². The Kier molecular flexibility index (Phi) is 4.81. The van der Waals surface area contributed by atoms with Crippen LogP contribution in [-0.2, 0) is 6.42 Å². The molecule has 0 saturated heterocycles. The van der Waals surface area contributed by atoms with Crippen molar-refractivity contribution in [2.45, 2.75) is 25.7 Å². The number of benzene rings is 1. The normalized spacial score (nSPS) is 13.2. The van der Waals surface area contributed by atoms with Crippen molar-refractivity contribution in [1.29, 1.82) is 0 Å². The van der Waals surface area contributed by atoms with E-state index in [9.17, 15) is 13.2 Å². The zero-order chi connectivity index (χ0) is 15.5. The van der Waals surface area contributed by atoms with Crippen molar-refractivity contribution in [3.63, 3.8) is 0 Å². The highest BCUT2D eigenvalue weighted by atomic mass is 32.1. The molecule has 1 unspecified atom stereocenters. The molecule has 0 fully saturated rings. The van der Waals surface area contributed by atoms with Crippen LogP contribution in [-0.4, -0.2) is 11.3 Å². The van der Waals surface area contributed by atoms with Gasteiger partial charge >= 0.3 is 6.36 Å². The average Bonchev–Trinajstić information content (AvgIpc) is 2.81. The molecule has 0 spiro atoms. The predicted octanol–water partition coefficient (Wildman–Crippen LogP) is 3.10. The standard InChI is InChI=1S/C13H14F3N3OS/c1-8-18-9(7-21-8)6-11(19-17)10-4-2-3-5-12(10)20-13(14,15)16/h2-5,7,11,19H,6,17H2,1H3. The highest BCUT2D eigenvalue weighted by Crippen LogP contribution is 2.31. The van der Waals surface area contributed by atoms with Crippen molar-refractivity contribution in [1.82, 2.24) is 10.4 Å². The summed E-state index contributed by atoms with van der Waals surface area (Å²) in [5.74, 6) is 5.22. The third-order valence-corrected chi connectivity index (χ3v) is 3.62. The van der Waals surface area contributed by atoms with Crippen LogP contribution in [0.3, 0.4) is 0 Å². The third kappa shape index (κ3) is 4.42. The first-order valence-corrected chi connectivity index (χ1v) is 6.99. The molecule has 2 aromatic rings. The SMILES string of the molecule is Cc1nc(CC(NN)c2ccccc2OC(F)(F)F)cs1. The molecule has 0 aliphatic rings. The molecule has 4 nitrogen and oxygen atoms in total. The Bertz CT molecular complexity index is 600. The fraction of sp³-hybridized carbons (Fsp3) is 0.308. The van der Waals surface area contributed by atoms with Gasteiger partial charge in [0.2, 0.25) is 0 Å². The number of nitrogens with two attached hydrogens (primary N) is 1. The van der Waals surface area contributed by atoms with Crippen molar-refractivity contribution in [3.05, 3.63) is 45.9 Å². The lowest BCUT2D eigenvalue weighted by Gasteiger charge is -2.19. The molecule has 0 amide bonds. The van der Waals surface area contributed by atoms with E-state index in [2.05, 4.69) is 15.1 Å². The molecule has 0 radical (unpaired) electrons. The van der Waals surface area contributed by atoms with E-state index in [0.717, 1.165) is 10.7 Å². The Labute approximate surface area is 123 Å². The van der Waals surface area contributed by atoms with Gasteiger partial charge in [-0.15, -0.1) is 24.5 Å². The minimum absolute atomic E-state index is 0.264. The van der Waals surface area contributed by atoms with Crippen LogP contribution in [0.5, 0.6) is 5.75 Å². The van der Waals surface area contributed by atoms with Gasteiger partial charge in [-0.25, -0.2) is 4.98 Å². The zero-order valence-electron chi connectivity index (χ0n) is 11.1. The number of rotatable bonds is 5. The first kappa shape index (κ1) is 15.7. The van der Waals surface area contributed by atoms with Crippen LogP contribution < -0.4 is 16.0 Å². The van der Waals surface area contributed by atoms with E-state index >= 15 is 0 Å². The summed E-state index contributed by atoms with van der Waals surface area (Å²) < 4.78 is 41.3. The van der Waals surface area contributed by atoms with Crippen LogP contribution in [0.2, 0.25) is 0 Å². The molecule has 114 valence electrons. The van der Waals surface area contributed by atoms with Gasteiger partial charge < -0.3 is 4.74 Å². The second kappa shape index (κ2) is 6.42. The summed E-state index contributed by atoms with van der Waals surface area (Å²) in [5, 5.41) is 2.74. The fourth-order valence-electron chi connectivity index (χ4n) is 1.96. The van der Waals surface area contributed by atoms with E-state index < -0.39 is 12.4 Å². The number of alkyl halides is 3. The molecule has 1 aromatic carbocycles. The maximum atomic E-state index is 12.4. The summed E-state index contributed by atoms with van der Waals surface area (Å²) in [6, 6.07) is 5.40. The maximum Gasteiger partial charge on any atom is 0.573 e. The van der Waals surface area contributed by atoms with Gasteiger partial charge in [0.25, 0.3) is 0 Å². The van der Waals surface area contributed by atoms with E-state index in [4.69, 9.17) is 5.84 Å². The highest BCUT2D eigenvalue weighted by Gasteiger charge is 2.32. The quantitative estimate of drug-likeness (QED) is 0.657. The number of thiazole rings is 1. The maximum absolute atomic E-state index is 12.4. The number of hydrogen-bond donors (Lipinski definition) is 2. The molecule has 1 atom stereocenters. The molecular formula is C13H14F3N3OS. The van der Waals surface area contributed by atoms with Gasteiger partial charge in [0.05, 0.1) is 16.7 Å². The van der Waals surface area contributed by atoms with Gasteiger partial charge in [0.15, 0.2) is 0 Å². The topological polar surface area (TPSA) is 60.2 Å². The molecular weight excluding hydrogens is 303 g/mol. The van der Waals surface area contributed by atoms with E-state index in [-0.39, 0.29) is 5.75 Å². The number of hydrazine groups is 1. The summed E-state index contributed by atoms with van der Waals surface area (Å²) in [7, 11) is 0. The summed E-state index contributed by atoms with van der Waals surface area (Å²) >= 11 is 1.48. The van der Waals surface area contributed by atoms with Crippen molar-refractivity contribution in [3.8, 4) is 5.75 Å². The van der Waals surface area contributed by atoms with E-state index in [0.29, 0.717) is 12.0 Å². The Hall–Kier alpha value is -1.64. The van der Waals surface area contributed by atoms with Gasteiger partial charge in [-0.05, 0) is 13.0 Å². The Morgan fingerprint density at radius 2 is 2.10 bits per heavy atom. The Morgan fingerprint density at radius 3 is 2.67 bits per heavy atom. The van der Waals surface area contributed by atoms with Crippen LogP contribution in [0.4, 0.5) is 13.2 Å². The minimum Gasteiger partial charge on any atom is -0.405 e. The molecule has 0 bridgehead atoms. The third-order valence-electron chi connectivity index (χ3n) is 2.80. The van der Waals surface area contributed by atoms with Crippen LogP contribution in [0.15, 0.2) is 29.6 Å². The number of aromatic nitrogens is 1. The molecule has 8 heteroatoms. The highest BCUT2D eigenvalue weighted by molar-refractivity contribution is 7.09. The Morgan fingerprint density at radius 1 is 1.38 bits per heavy atom. The first-order chi connectivity index (χ1) is 9.89. The molecule has 0 aliphatic heterocycles. The van der Waals surface area contributed by atoms with Crippen LogP contribution in [0.25, 0.3) is 0 Å². The number of nitrogens with one attached hydrogen (secondary N) is 1. The molecule has 0 saturated carbocycles. The fourth-order valence-corrected chi connectivity index (χ4v) is 2.58. The van der Waals surface area contributed by atoms with Crippen molar-refractivity contribution >= 4 is 11.3 Å². The van der Waals surface area contributed by atoms with Gasteiger partial charge in [-0.1, -0.05) is 18.2 Å². The second-order valence-electron chi connectivity index (χ2n) is 4.37. The van der Waals surface area contributed by atoms with Gasteiger partial charge in [-0.3, -0.25) is 11.3 Å². The van der Waals surface area contributed by atoms with E-state index in [1.807, 2.05) is 12.3 Å². The average molecular weight is 317 g/mol. The Balaban J connectivity index is 2.25. The van der Waals surface area contributed by atoms with Crippen LogP contribution in [0.1, 0.15) is 22.3 Å². The summed E-state index contributed by atoms with van der Waals surface area (Å²) in [4.78, 5) is 4.29. The van der Waals surface area contributed by atoms with Crippen LogP contribution >= 0.6 is 11.3 Å². The van der Waals surface area contributed by atoms with E-state index in [1.165, 1.54) is 23.5 Å². The predicted molar refractivity (Wildman–Crippen MR) is 73.7 cm³/mol. The lowest BCUT2D eigenvalue weighted by molar-refractivity contribution is -0.275. The van der Waals surface area contributed by atoms with Crippen LogP contribution in [0, 0.1) is 6.92 Å². The smallest absolute Gasteiger partial charge is 0.405 e. The number of hydrogen-bond acceptors (Lipinski definition) is 5. The molecule has 1 aromatic heterocycles. The van der Waals surface area contributed by atoms with Gasteiger partial charge in [0.1, 0.15) is 5.75 Å². The monoisotopic (exact) mass is 317 g/mol. The number of aryl methyl sites for hydroxylation is 1. The molecule has 0 aliphatic carbocycles.